The smallest absolute Gasteiger partial charge is 0.0171 e. The predicted octanol–water partition coefficient (Wildman–Crippen LogP) is 9.03. The molecule has 0 saturated heterocycles. The van der Waals surface area contributed by atoms with Crippen LogP contribution < -0.4 is 0 Å². The van der Waals surface area contributed by atoms with Crippen LogP contribution in [0.15, 0.2) is 46.6 Å². The molecule has 2 atom stereocenters. The molecule has 0 aliphatic heterocycles. The van der Waals surface area contributed by atoms with Crippen molar-refractivity contribution in [2.24, 2.45) is 0 Å². The van der Waals surface area contributed by atoms with Gasteiger partial charge in [-0.05, 0) is 99.8 Å². The van der Waals surface area contributed by atoms with Gasteiger partial charge in [-0.25, -0.2) is 0 Å². The molecule has 0 heterocycles. The van der Waals surface area contributed by atoms with Crippen LogP contribution in [0.1, 0.15) is 114 Å². The van der Waals surface area contributed by atoms with Gasteiger partial charge in [-0.3, -0.25) is 4.90 Å². The Morgan fingerprint density at radius 3 is 1.38 bits per heavy atom. The van der Waals surface area contributed by atoms with Crippen LogP contribution in [0.5, 0.6) is 0 Å². The number of rotatable bonds is 15. The Morgan fingerprint density at radius 1 is 0.621 bits per heavy atom. The highest BCUT2D eigenvalue weighted by Gasteiger charge is 2.16. The van der Waals surface area contributed by atoms with Crippen molar-refractivity contribution in [1.29, 1.82) is 0 Å². The second-order valence-electron chi connectivity index (χ2n) is 9.26. The number of hydrogen-bond acceptors (Lipinski definition) is 1. The van der Waals surface area contributed by atoms with Crippen LogP contribution >= 0.6 is 0 Å². The first kappa shape index (κ1) is 27.9. The molecule has 0 saturated carbocycles. The largest absolute Gasteiger partial charge is 0.294 e. The predicted molar refractivity (Wildman–Crippen MR) is 135 cm³/mol. The van der Waals surface area contributed by atoms with Crippen LogP contribution in [0.3, 0.4) is 0 Å². The standard InChI is InChI=1S/C28H51N/c1-10-27(8)29(28(9)11-2)22-21-26(7)20-14-19-25(6)18-13-17-24(5)16-12-15-23(3)4/h15,17,19,21,27-28H,10-14,16,18,20,22H2,1-9H3/b24-17+,25-19+,26-21+. The van der Waals surface area contributed by atoms with Gasteiger partial charge in [0.25, 0.3) is 0 Å². The van der Waals surface area contributed by atoms with Crippen molar-refractivity contribution in [2.75, 3.05) is 6.54 Å². The van der Waals surface area contributed by atoms with Crippen LogP contribution in [0, 0.1) is 0 Å². The average Bonchev–Trinajstić information content (AvgIpc) is 2.67. The lowest BCUT2D eigenvalue weighted by Gasteiger charge is -2.33. The molecule has 0 aliphatic rings. The molecule has 0 aliphatic carbocycles. The molecule has 29 heavy (non-hydrogen) atoms. The van der Waals surface area contributed by atoms with Crippen molar-refractivity contribution in [1.82, 2.24) is 4.90 Å². The normalized spacial score (nSPS) is 15.6. The molecule has 0 bridgehead atoms. The van der Waals surface area contributed by atoms with E-state index in [1.807, 2.05) is 0 Å². The van der Waals surface area contributed by atoms with Crippen molar-refractivity contribution >= 4 is 0 Å². The number of nitrogens with zero attached hydrogens (tertiary/aromatic N) is 1. The number of hydrogen-bond donors (Lipinski definition) is 0. The second-order valence-corrected chi connectivity index (χ2v) is 9.26. The summed E-state index contributed by atoms with van der Waals surface area (Å²) in [5.74, 6) is 0. The Morgan fingerprint density at radius 2 is 1.00 bits per heavy atom. The monoisotopic (exact) mass is 401 g/mol. The van der Waals surface area contributed by atoms with Crippen LogP contribution in [0.4, 0.5) is 0 Å². The van der Waals surface area contributed by atoms with Gasteiger partial charge >= 0.3 is 0 Å². The third-order valence-corrected chi connectivity index (χ3v) is 6.12. The van der Waals surface area contributed by atoms with Gasteiger partial charge in [0.2, 0.25) is 0 Å². The van der Waals surface area contributed by atoms with E-state index in [2.05, 4.69) is 91.5 Å². The molecule has 0 radical (unpaired) electrons. The van der Waals surface area contributed by atoms with E-state index in [4.69, 9.17) is 0 Å². The molecule has 1 heteroatoms. The maximum absolute atomic E-state index is 2.65. The van der Waals surface area contributed by atoms with E-state index in [0.717, 1.165) is 6.54 Å². The fourth-order valence-electron chi connectivity index (χ4n) is 3.51. The first-order valence-corrected chi connectivity index (χ1v) is 12.1. The zero-order valence-corrected chi connectivity index (χ0v) is 21.3. The fraction of sp³-hybridized carbons (Fsp3) is 0.714. The van der Waals surface area contributed by atoms with Gasteiger partial charge < -0.3 is 0 Å². The molecule has 1 nitrogen and oxygen atoms in total. The van der Waals surface area contributed by atoms with Crippen molar-refractivity contribution in [3.8, 4) is 0 Å². The third-order valence-electron chi connectivity index (χ3n) is 6.12. The summed E-state index contributed by atoms with van der Waals surface area (Å²) in [7, 11) is 0. The van der Waals surface area contributed by atoms with E-state index in [1.165, 1.54) is 73.7 Å². The molecule has 0 N–H and O–H groups in total. The molecular weight excluding hydrogens is 350 g/mol. The third kappa shape index (κ3) is 14.5. The molecule has 0 fully saturated rings. The summed E-state index contributed by atoms with van der Waals surface area (Å²) in [5.41, 5.74) is 6.02. The molecule has 0 spiro atoms. The topological polar surface area (TPSA) is 3.24 Å². The van der Waals surface area contributed by atoms with Crippen LogP contribution in [0.25, 0.3) is 0 Å². The molecule has 0 aromatic rings. The summed E-state index contributed by atoms with van der Waals surface area (Å²) in [4.78, 5) is 2.65. The highest BCUT2D eigenvalue weighted by Crippen LogP contribution is 2.15. The number of allylic oxidation sites excluding steroid dienone is 7. The molecule has 0 amide bonds. The summed E-state index contributed by atoms with van der Waals surface area (Å²) < 4.78 is 0. The average molecular weight is 402 g/mol. The molecular formula is C28H51N. The zero-order valence-electron chi connectivity index (χ0n) is 21.3. The Kier molecular flexibility index (Phi) is 16.1. The lowest BCUT2D eigenvalue weighted by Crippen LogP contribution is -2.39. The Balaban J connectivity index is 4.34. The van der Waals surface area contributed by atoms with Gasteiger partial charge in [0.1, 0.15) is 0 Å². The summed E-state index contributed by atoms with van der Waals surface area (Å²) in [6.45, 7) is 21.6. The minimum Gasteiger partial charge on any atom is -0.294 e. The molecule has 168 valence electrons. The van der Waals surface area contributed by atoms with Crippen LogP contribution in [-0.2, 0) is 0 Å². The molecule has 0 aromatic carbocycles. The van der Waals surface area contributed by atoms with E-state index < -0.39 is 0 Å². The fourth-order valence-corrected chi connectivity index (χ4v) is 3.51. The van der Waals surface area contributed by atoms with Gasteiger partial charge in [0, 0.05) is 18.6 Å². The van der Waals surface area contributed by atoms with Crippen LogP contribution in [-0.4, -0.2) is 23.5 Å². The van der Waals surface area contributed by atoms with E-state index in [9.17, 15) is 0 Å². The van der Waals surface area contributed by atoms with Crippen molar-refractivity contribution in [3.63, 3.8) is 0 Å². The van der Waals surface area contributed by atoms with Crippen molar-refractivity contribution in [2.45, 2.75) is 126 Å². The van der Waals surface area contributed by atoms with E-state index in [-0.39, 0.29) is 0 Å². The van der Waals surface area contributed by atoms with Crippen molar-refractivity contribution < 1.29 is 0 Å². The molecule has 0 aromatic heterocycles. The Labute approximate surface area is 184 Å². The van der Waals surface area contributed by atoms with Gasteiger partial charge in [0.05, 0.1) is 0 Å². The van der Waals surface area contributed by atoms with E-state index in [0.29, 0.717) is 12.1 Å². The Bertz CT molecular complexity index is 533. The van der Waals surface area contributed by atoms with Gasteiger partial charge in [-0.2, -0.15) is 0 Å². The maximum Gasteiger partial charge on any atom is 0.0171 e. The highest BCUT2D eigenvalue weighted by atomic mass is 15.2. The lowest BCUT2D eigenvalue weighted by molar-refractivity contribution is 0.164. The SMILES string of the molecule is CCC(C)N(C/C=C(\C)CC/C=C(\C)CC/C=C(\C)CCC=C(C)C)C(C)CC. The summed E-state index contributed by atoms with van der Waals surface area (Å²) in [5, 5.41) is 0. The van der Waals surface area contributed by atoms with E-state index >= 15 is 0 Å². The maximum atomic E-state index is 2.65. The lowest BCUT2D eigenvalue weighted by atomic mass is 10.0. The van der Waals surface area contributed by atoms with Crippen LogP contribution in [0.2, 0.25) is 0 Å². The van der Waals surface area contributed by atoms with E-state index in [1.54, 1.807) is 0 Å². The van der Waals surface area contributed by atoms with Gasteiger partial charge in [-0.1, -0.05) is 60.4 Å². The second kappa shape index (κ2) is 16.7. The zero-order chi connectivity index (χ0) is 22.2. The summed E-state index contributed by atoms with van der Waals surface area (Å²) in [6, 6.07) is 1.32. The Hall–Kier alpha value is -1.08. The first-order valence-electron chi connectivity index (χ1n) is 12.1. The molecule has 0 rings (SSSR count). The van der Waals surface area contributed by atoms with Gasteiger partial charge in [0.15, 0.2) is 0 Å². The minimum absolute atomic E-state index is 0.662. The van der Waals surface area contributed by atoms with Crippen molar-refractivity contribution in [3.05, 3.63) is 46.6 Å². The summed E-state index contributed by atoms with van der Waals surface area (Å²) >= 11 is 0. The van der Waals surface area contributed by atoms with Gasteiger partial charge in [-0.15, -0.1) is 0 Å². The minimum atomic E-state index is 0.662. The highest BCUT2D eigenvalue weighted by molar-refractivity contribution is 5.07. The first-order chi connectivity index (χ1) is 13.7. The summed E-state index contributed by atoms with van der Waals surface area (Å²) in [6.07, 6.45) is 19.2. The molecule has 2 unspecified atom stereocenters. The quantitative estimate of drug-likeness (QED) is 0.247.